The van der Waals surface area contributed by atoms with E-state index >= 15 is 0 Å². The first-order valence-electron chi connectivity index (χ1n) is 7.20. The molecule has 0 spiro atoms. The van der Waals surface area contributed by atoms with Crippen molar-refractivity contribution in [2.24, 2.45) is 11.3 Å². The van der Waals surface area contributed by atoms with Gasteiger partial charge in [-0.3, -0.25) is 14.4 Å². The molecule has 0 bridgehead atoms. The molecule has 6 nitrogen and oxygen atoms in total. The van der Waals surface area contributed by atoms with E-state index in [9.17, 15) is 14.4 Å². The summed E-state index contributed by atoms with van der Waals surface area (Å²) < 4.78 is 0. The number of hydrogen-bond donors (Lipinski definition) is 3. The summed E-state index contributed by atoms with van der Waals surface area (Å²) in [6.07, 6.45) is 0.778. The quantitative estimate of drug-likeness (QED) is 0.747. The van der Waals surface area contributed by atoms with Gasteiger partial charge >= 0.3 is 5.97 Å². The normalized spacial score (nSPS) is 18.4. The maximum Gasteiger partial charge on any atom is 0.305 e. The first kappa shape index (κ1) is 16.0. The smallest absolute Gasteiger partial charge is 0.305 e. The van der Waals surface area contributed by atoms with Crippen molar-refractivity contribution in [3.63, 3.8) is 0 Å². The van der Waals surface area contributed by atoms with Crippen molar-refractivity contribution < 1.29 is 19.5 Å². The minimum atomic E-state index is -0.957. The molecule has 6 heteroatoms. The summed E-state index contributed by atoms with van der Waals surface area (Å²) in [7, 11) is 0. The number of amides is 2. The lowest BCUT2D eigenvalue weighted by Crippen LogP contribution is -2.26. The number of carbonyl (C=O) groups is 3. The number of rotatable bonds is 6. The number of carboxylic acid groups (broad SMARTS) is 1. The third-order valence-corrected chi connectivity index (χ3v) is 3.87. The van der Waals surface area contributed by atoms with Crippen molar-refractivity contribution in [2.75, 3.05) is 11.9 Å². The molecule has 1 aliphatic carbocycles. The Balaban J connectivity index is 1.86. The van der Waals surface area contributed by atoms with Crippen LogP contribution in [0.25, 0.3) is 0 Å². The van der Waals surface area contributed by atoms with Gasteiger partial charge in [-0.15, -0.1) is 0 Å². The van der Waals surface area contributed by atoms with Crippen molar-refractivity contribution in [1.82, 2.24) is 5.32 Å². The number of aliphatic carboxylic acids is 1. The van der Waals surface area contributed by atoms with E-state index in [1.54, 1.807) is 24.3 Å². The highest BCUT2D eigenvalue weighted by Crippen LogP contribution is 2.51. The molecule has 1 atom stereocenters. The molecule has 0 aromatic heterocycles. The predicted molar refractivity (Wildman–Crippen MR) is 81.5 cm³/mol. The Bertz CT molecular complexity index is 593. The van der Waals surface area contributed by atoms with Crippen molar-refractivity contribution in [1.29, 1.82) is 0 Å². The van der Waals surface area contributed by atoms with Crippen LogP contribution in [0.4, 0.5) is 5.69 Å². The van der Waals surface area contributed by atoms with Gasteiger partial charge in [-0.25, -0.2) is 0 Å². The molecule has 0 saturated heterocycles. The van der Waals surface area contributed by atoms with Crippen LogP contribution in [0.5, 0.6) is 0 Å². The molecule has 118 valence electrons. The number of anilines is 1. The minimum Gasteiger partial charge on any atom is -0.481 e. The lowest BCUT2D eigenvalue weighted by molar-refractivity contribution is -0.136. The van der Waals surface area contributed by atoms with E-state index in [4.69, 9.17) is 5.11 Å². The standard InChI is InChI=1S/C16H20N2O4/c1-16(2)9-12(16)15(22)18-11-5-3-10(4-6-11)14(21)17-8-7-13(19)20/h3-6,12H,7-9H2,1-2H3,(H,17,21)(H,18,22)(H,19,20). The summed E-state index contributed by atoms with van der Waals surface area (Å²) in [5, 5.41) is 13.9. The third kappa shape index (κ3) is 4.07. The van der Waals surface area contributed by atoms with Crippen LogP contribution < -0.4 is 10.6 Å². The second-order valence-electron chi connectivity index (χ2n) is 6.21. The average Bonchev–Trinajstić information content (AvgIpc) is 3.08. The first-order valence-corrected chi connectivity index (χ1v) is 7.20. The molecule has 1 aliphatic rings. The Morgan fingerprint density at radius 1 is 1.23 bits per heavy atom. The Hall–Kier alpha value is -2.37. The lowest BCUT2D eigenvalue weighted by Gasteiger charge is -2.08. The summed E-state index contributed by atoms with van der Waals surface area (Å²) in [5.41, 5.74) is 1.15. The molecule has 2 rings (SSSR count). The van der Waals surface area contributed by atoms with E-state index < -0.39 is 5.97 Å². The van der Waals surface area contributed by atoms with Crippen LogP contribution in [0.1, 0.15) is 37.0 Å². The Labute approximate surface area is 128 Å². The third-order valence-electron chi connectivity index (χ3n) is 3.87. The van der Waals surface area contributed by atoms with Crippen molar-refractivity contribution >= 4 is 23.5 Å². The van der Waals surface area contributed by atoms with Crippen molar-refractivity contribution in [2.45, 2.75) is 26.7 Å². The van der Waals surface area contributed by atoms with Crippen LogP contribution in [0.3, 0.4) is 0 Å². The van der Waals surface area contributed by atoms with Crippen molar-refractivity contribution in [3.05, 3.63) is 29.8 Å². The zero-order valence-corrected chi connectivity index (χ0v) is 12.7. The maximum absolute atomic E-state index is 12.0. The highest BCUT2D eigenvalue weighted by molar-refractivity contribution is 5.97. The van der Waals surface area contributed by atoms with Gasteiger partial charge in [0.05, 0.1) is 6.42 Å². The van der Waals surface area contributed by atoms with E-state index in [1.165, 1.54) is 0 Å². The molecular weight excluding hydrogens is 284 g/mol. The van der Waals surface area contributed by atoms with Crippen LogP contribution in [-0.2, 0) is 9.59 Å². The van der Waals surface area contributed by atoms with E-state index in [0.717, 1.165) is 6.42 Å². The molecule has 0 heterocycles. The van der Waals surface area contributed by atoms with Crippen molar-refractivity contribution in [3.8, 4) is 0 Å². The molecule has 0 radical (unpaired) electrons. The van der Waals surface area contributed by atoms with Gasteiger partial charge in [0.15, 0.2) is 0 Å². The second-order valence-corrected chi connectivity index (χ2v) is 6.21. The molecular formula is C16H20N2O4. The maximum atomic E-state index is 12.0. The Morgan fingerprint density at radius 3 is 2.32 bits per heavy atom. The fourth-order valence-electron chi connectivity index (χ4n) is 2.23. The summed E-state index contributed by atoms with van der Waals surface area (Å²) in [5.74, 6) is -1.24. The fourth-order valence-corrected chi connectivity index (χ4v) is 2.23. The topological polar surface area (TPSA) is 95.5 Å². The molecule has 1 aromatic rings. The molecule has 22 heavy (non-hydrogen) atoms. The fraction of sp³-hybridized carbons (Fsp3) is 0.438. The second kappa shape index (κ2) is 6.17. The number of hydrogen-bond acceptors (Lipinski definition) is 3. The number of carboxylic acids is 1. The largest absolute Gasteiger partial charge is 0.481 e. The molecule has 0 aliphatic heterocycles. The van der Waals surface area contributed by atoms with Gasteiger partial charge in [-0.05, 0) is 36.1 Å². The zero-order chi connectivity index (χ0) is 16.3. The van der Waals surface area contributed by atoms with Crippen LogP contribution in [0.15, 0.2) is 24.3 Å². The number of nitrogens with one attached hydrogen (secondary N) is 2. The number of benzene rings is 1. The highest BCUT2D eigenvalue weighted by Gasteiger charge is 2.50. The Morgan fingerprint density at radius 2 is 1.82 bits per heavy atom. The van der Waals surface area contributed by atoms with E-state index in [-0.39, 0.29) is 36.1 Å². The zero-order valence-electron chi connectivity index (χ0n) is 12.7. The molecule has 1 saturated carbocycles. The average molecular weight is 304 g/mol. The molecule has 1 fully saturated rings. The van der Waals surface area contributed by atoms with Crippen LogP contribution in [-0.4, -0.2) is 29.4 Å². The van der Waals surface area contributed by atoms with Crippen LogP contribution in [0, 0.1) is 11.3 Å². The van der Waals surface area contributed by atoms with Gasteiger partial charge in [-0.1, -0.05) is 13.8 Å². The summed E-state index contributed by atoms with van der Waals surface area (Å²) >= 11 is 0. The van der Waals surface area contributed by atoms with E-state index in [1.807, 2.05) is 0 Å². The Kier molecular flexibility index (Phi) is 4.49. The van der Waals surface area contributed by atoms with E-state index in [2.05, 4.69) is 24.5 Å². The summed E-state index contributed by atoms with van der Waals surface area (Å²) in [4.78, 5) is 34.1. The van der Waals surface area contributed by atoms with Crippen LogP contribution >= 0.6 is 0 Å². The SMILES string of the molecule is CC1(C)CC1C(=O)Nc1ccc(C(=O)NCCC(=O)O)cc1. The van der Waals surface area contributed by atoms with E-state index in [0.29, 0.717) is 11.3 Å². The van der Waals surface area contributed by atoms with Gasteiger partial charge in [-0.2, -0.15) is 0 Å². The van der Waals surface area contributed by atoms with Gasteiger partial charge in [0.1, 0.15) is 0 Å². The molecule has 3 N–H and O–H groups in total. The van der Waals surface area contributed by atoms with Gasteiger partial charge in [0, 0.05) is 23.7 Å². The minimum absolute atomic E-state index is 0.00339. The first-order chi connectivity index (χ1) is 10.3. The lowest BCUT2D eigenvalue weighted by atomic mass is 10.1. The number of carbonyl (C=O) groups excluding carboxylic acids is 2. The summed E-state index contributed by atoms with van der Waals surface area (Å²) in [6.45, 7) is 4.20. The molecule has 1 unspecified atom stereocenters. The summed E-state index contributed by atoms with van der Waals surface area (Å²) in [6, 6.07) is 6.53. The molecule has 2 amide bonds. The van der Waals surface area contributed by atoms with Gasteiger partial charge in [0.2, 0.25) is 5.91 Å². The predicted octanol–water partition coefficient (Wildman–Crippen LogP) is 1.88. The van der Waals surface area contributed by atoms with Gasteiger partial charge in [0.25, 0.3) is 5.91 Å². The monoisotopic (exact) mass is 304 g/mol. The highest BCUT2D eigenvalue weighted by atomic mass is 16.4. The van der Waals surface area contributed by atoms with Gasteiger partial charge < -0.3 is 15.7 Å². The van der Waals surface area contributed by atoms with Crippen LogP contribution in [0.2, 0.25) is 0 Å². The molecule has 1 aromatic carbocycles.